The Morgan fingerprint density at radius 2 is 2.05 bits per heavy atom. The highest BCUT2D eigenvalue weighted by Crippen LogP contribution is 2.39. The smallest absolute Gasteiger partial charge is 0.313 e. The highest BCUT2D eigenvalue weighted by atomic mass is 32.1. The van der Waals surface area contributed by atoms with Crippen molar-refractivity contribution in [2.75, 3.05) is 0 Å². The van der Waals surface area contributed by atoms with Crippen molar-refractivity contribution < 1.29 is 14.8 Å². The Bertz CT molecular complexity index is 844. The number of ether oxygens (including phenoxy) is 1. The maximum atomic E-state index is 11.2. The van der Waals surface area contributed by atoms with Gasteiger partial charge in [-0.25, -0.2) is 4.98 Å². The third-order valence-corrected chi connectivity index (χ3v) is 3.79. The van der Waals surface area contributed by atoms with Crippen LogP contribution in [-0.2, 0) is 0 Å². The number of aromatic hydroxyl groups is 1. The largest absolute Gasteiger partial charge is 0.504 e. The maximum Gasteiger partial charge on any atom is 0.313 e. The van der Waals surface area contributed by atoms with E-state index in [0.29, 0.717) is 5.52 Å². The summed E-state index contributed by atoms with van der Waals surface area (Å²) in [5.41, 5.74) is 0.475. The molecule has 1 N–H and O–H groups in total. The van der Waals surface area contributed by atoms with Crippen molar-refractivity contribution in [3.8, 4) is 17.2 Å². The first-order valence-corrected chi connectivity index (χ1v) is 6.87. The Hall–Kier alpha value is -2.67. The molecule has 2 aromatic carbocycles. The fourth-order valence-corrected chi connectivity index (χ4v) is 2.79. The number of thiazole rings is 1. The molecule has 21 heavy (non-hydrogen) atoms. The van der Waals surface area contributed by atoms with Crippen LogP contribution in [0.5, 0.6) is 17.2 Å². The van der Waals surface area contributed by atoms with Crippen LogP contribution in [0, 0.1) is 17.0 Å². The van der Waals surface area contributed by atoms with E-state index in [2.05, 4.69) is 4.98 Å². The van der Waals surface area contributed by atoms with Gasteiger partial charge >= 0.3 is 5.69 Å². The molecule has 1 aromatic heterocycles. The highest BCUT2D eigenvalue weighted by molar-refractivity contribution is 7.18. The predicted molar refractivity (Wildman–Crippen MR) is 79.2 cm³/mol. The van der Waals surface area contributed by atoms with Gasteiger partial charge in [0.05, 0.1) is 20.1 Å². The molecule has 3 aromatic rings. The number of hydrogen-bond donors (Lipinski definition) is 1. The minimum Gasteiger partial charge on any atom is -0.504 e. The second kappa shape index (κ2) is 5.02. The summed E-state index contributed by atoms with van der Waals surface area (Å²) in [7, 11) is 0. The molecule has 7 heteroatoms. The number of phenols is 1. The summed E-state index contributed by atoms with van der Waals surface area (Å²) in [5, 5.41) is 21.7. The molecular formula is C14H10N2O4S. The summed E-state index contributed by atoms with van der Waals surface area (Å²) in [5.74, 6) is 0.132. The fraction of sp³-hybridized carbons (Fsp3) is 0.0714. The molecule has 3 rings (SSSR count). The number of nitrogens with zero attached hydrogens (tertiary/aromatic N) is 2. The zero-order valence-electron chi connectivity index (χ0n) is 10.9. The van der Waals surface area contributed by atoms with E-state index in [9.17, 15) is 15.2 Å². The molecule has 0 fully saturated rings. The molecule has 0 saturated heterocycles. The molecule has 0 aliphatic carbocycles. The van der Waals surface area contributed by atoms with Gasteiger partial charge in [-0.05, 0) is 19.1 Å². The van der Waals surface area contributed by atoms with Crippen LogP contribution < -0.4 is 4.74 Å². The summed E-state index contributed by atoms with van der Waals surface area (Å²) in [6.45, 7) is 1.83. The Labute approximate surface area is 123 Å². The van der Waals surface area contributed by atoms with Crippen molar-refractivity contribution >= 4 is 27.2 Å². The lowest BCUT2D eigenvalue weighted by Gasteiger charge is -2.07. The van der Waals surface area contributed by atoms with E-state index >= 15 is 0 Å². The zero-order valence-corrected chi connectivity index (χ0v) is 11.8. The molecule has 0 unspecified atom stereocenters. The van der Waals surface area contributed by atoms with Gasteiger partial charge in [-0.2, -0.15) is 0 Å². The van der Waals surface area contributed by atoms with Crippen molar-refractivity contribution in [1.29, 1.82) is 0 Å². The number of benzene rings is 2. The quantitative estimate of drug-likeness (QED) is 0.583. The molecule has 106 valence electrons. The molecule has 0 spiro atoms. The first-order valence-electron chi connectivity index (χ1n) is 6.06. The third kappa shape index (κ3) is 2.50. The van der Waals surface area contributed by atoms with Crippen LogP contribution in [0.4, 0.5) is 5.69 Å². The Morgan fingerprint density at radius 3 is 2.76 bits per heavy atom. The Balaban J connectivity index is 2.13. The Kier molecular flexibility index (Phi) is 3.19. The molecule has 0 aliphatic rings. The average Bonchev–Trinajstić information content (AvgIpc) is 2.79. The molecule has 0 aliphatic heterocycles. The lowest BCUT2D eigenvalue weighted by atomic mass is 10.2. The van der Waals surface area contributed by atoms with Gasteiger partial charge in [0.2, 0.25) is 5.75 Å². The molecule has 6 nitrogen and oxygen atoms in total. The van der Waals surface area contributed by atoms with Crippen LogP contribution in [0.2, 0.25) is 0 Å². The van der Waals surface area contributed by atoms with Gasteiger partial charge in [0.25, 0.3) is 0 Å². The minimum absolute atomic E-state index is 0.0549. The van der Waals surface area contributed by atoms with Crippen LogP contribution in [-0.4, -0.2) is 15.0 Å². The zero-order chi connectivity index (χ0) is 15.0. The van der Waals surface area contributed by atoms with Crippen LogP contribution >= 0.6 is 11.3 Å². The molecule has 0 bridgehead atoms. The number of hydrogen-bond acceptors (Lipinski definition) is 6. The van der Waals surface area contributed by atoms with E-state index < -0.39 is 4.92 Å². The first kappa shape index (κ1) is 13.3. The highest BCUT2D eigenvalue weighted by Gasteiger charge is 2.20. The topological polar surface area (TPSA) is 85.5 Å². The van der Waals surface area contributed by atoms with Crippen LogP contribution in [0.3, 0.4) is 0 Å². The van der Waals surface area contributed by atoms with E-state index in [-0.39, 0.29) is 22.9 Å². The van der Waals surface area contributed by atoms with Crippen molar-refractivity contribution in [3.05, 3.63) is 51.5 Å². The summed E-state index contributed by atoms with van der Waals surface area (Å²) in [6, 6.07) is 9.26. The van der Waals surface area contributed by atoms with E-state index in [1.54, 1.807) is 12.1 Å². The van der Waals surface area contributed by atoms with Crippen LogP contribution in [0.1, 0.15) is 5.01 Å². The number of para-hydroxylation sites is 2. The monoisotopic (exact) mass is 302 g/mol. The summed E-state index contributed by atoms with van der Waals surface area (Å²) in [4.78, 5) is 15.0. The van der Waals surface area contributed by atoms with Gasteiger partial charge in [0, 0.05) is 12.1 Å². The average molecular weight is 302 g/mol. The van der Waals surface area contributed by atoms with Gasteiger partial charge < -0.3 is 9.84 Å². The summed E-state index contributed by atoms with van der Waals surface area (Å²) >= 11 is 1.38. The molecule has 0 saturated carbocycles. The molecule has 1 heterocycles. The number of nitro benzene ring substituents is 1. The van der Waals surface area contributed by atoms with E-state index in [4.69, 9.17) is 4.74 Å². The van der Waals surface area contributed by atoms with Gasteiger partial charge in [-0.15, -0.1) is 11.3 Å². The number of rotatable bonds is 3. The maximum absolute atomic E-state index is 11.2. The van der Waals surface area contributed by atoms with Crippen molar-refractivity contribution in [3.63, 3.8) is 0 Å². The summed E-state index contributed by atoms with van der Waals surface area (Å²) < 4.78 is 6.22. The predicted octanol–water partition coefficient (Wildman–Crippen LogP) is 4.01. The number of phenolic OH excluding ortho intramolecular Hbond substituents is 1. The third-order valence-electron chi connectivity index (χ3n) is 2.86. The van der Waals surface area contributed by atoms with Gasteiger partial charge in [-0.3, -0.25) is 10.1 Å². The van der Waals surface area contributed by atoms with Gasteiger partial charge in [0.15, 0.2) is 11.5 Å². The standard InChI is InChI=1S/C14H10N2O4S/c1-8-15-9-6-13(10(16(18)19)7-14(9)21-8)20-12-5-3-2-4-11(12)17/h2-7,17H,1H3. The van der Waals surface area contributed by atoms with E-state index in [1.807, 2.05) is 6.92 Å². The molecular weight excluding hydrogens is 292 g/mol. The normalized spacial score (nSPS) is 10.7. The Morgan fingerprint density at radius 1 is 1.29 bits per heavy atom. The fourth-order valence-electron chi connectivity index (χ4n) is 1.95. The minimum atomic E-state index is -0.510. The molecule has 0 radical (unpaired) electrons. The van der Waals surface area contributed by atoms with Crippen molar-refractivity contribution in [1.82, 2.24) is 4.98 Å². The van der Waals surface area contributed by atoms with Crippen molar-refractivity contribution in [2.24, 2.45) is 0 Å². The SMILES string of the molecule is Cc1nc2cc(Oc3ccccc3O)c([N+](=O)[O-])cc2s1. The van der Waals surface area contributed by atoms with Gasteiger partial charge in [-0.1, -0.05) is 12.1 Å². The first-order chi connectivity index (χ1) is 10.0. The lowest BCUT2D eigenvalue weighted by molar-refractivity contribution is -0.385. The van der Waals surface area contributed by atoms with Crippen LogP contribution in [0.25, 0.3) is 10.2 Å². The van der Waals surface area contributed by atoms with E-state index in [0.717, 1.165) is 9.71 Å². The second-order valence-electron chi connectivity index (χ2n) is 4.35. The number of fused-ring (bicyclic) bond motifs is 1. The second-order valence-corrected chi connectivity index (χ2v) is 5.58. The van der Waals surface area contributed by atoms with Gasteiger partial charge in [0.1, 0.15) is 0 Å². The summed E-state index contributed by atoms with van der Waals surface area (Å²) in [6.07, 6.45) is 0. The number of nitro groups is 1. The lowest BCUT2D eigenvalue weighted by Crippen LogP contribution is -1.93. The van der Waals surface area contributed by atoms with Crippen molar-refractivity contribution in [2.45, 2.75) is 6.92 Å². The number of aryl methyl sites for hydroxylation is 1. The van der Waals surface area contributed by atoms with Crippen LogP contribution in [0.15, 0.2) is 36.4 Å². The van der Waals surface area contributed by atoms with E-state index in [1.165, 1.54) is 35.6 Å². The molecule has 0 atom stereocenters. The molecule has 0 amide bonds. The number of aromatic nitrogens is 1.